The molecule has 3 N–H and O–H groups in total. The van der Waals surface area contributed by atoms with Crippen molar-refractivity contribution in [3.05, 3.63) is 17.7 Å². The van der Waals surface area contributed by atoms with Gasteiger partial charge in [-0.3, -0.25) is 0 Å². The molecule has 17 heavy (non-hydrogen) atoms. The number of nitrogens with one attached hydrogen (secondary N) is 1. The summed E-state index contributed by atoms with van der Waals surface area (Å²) >= 11 is 0. The van der Waals surface area contributed by atoms with Crippen molar-refractivity contribution in [3.63, 3.8) is 0 Å². The third-order valence-electron chi connectivity index (χ3n) is 1.64. The van der Waals surface area contributed by atoms with Crippen LogP contribution in [0.2, 0.25) is 0 Å². The standard InChI is InChI=1S/C8H7F6N3/c9-7(10,11)3-16-6-2-4(8(12,13)14)1-5(15)17-6/h1-2H,3H2,(H3,15,16,17). The minimum atomic E-state index is -4.69. The highest BCUT2D eigenvalue weighted by Gasteiger charge is 2.32. The van der Waals surface area contributed by atoms with Crippen molar-refractivity contribution in [1.29, 1.82) is 0 Å². The van der Waals surface area contributed by atoms with E-state index in [9.17, 15) is 26.3 Å². The topological polar surface area (TPSA) is 50.9 Å². The zero-order chi connectivity index (χ0) is 13.3. The summed E-state index contributed by atoms with van der Waals surface area (Å²) in [6.07, 6.45) is -9.24. The molecular weight excluding hydrogens is 252 g/mol. The molecule has 96 valence electrons. The lowest BCUT2D eigenvalue weighted by molar-refractivity contribution is -0.137. The van der Waals surface area contributed by atoms with Crippen LogP contribution in [-0.2, 0) is 6.18 Å². The lowest BCUT2D eigenvalue weighted by Gasteiger charge is -2.12. The van der Waals surface area contributed by atoms with Crippen molar-refractivity contribution in [2.45, 2.75) is 12.4 Å². The number of nitrogen functional groups attached to an aromatic ring is 1. The minimum absolute atomic E-state index is 0.460. The van der Waals surface area contributed by atoms with E-state index in [1.54, 1.807) is 5.32 Å². The third-order valence-corrected chi connectivity index (χ3v) is 1.64. The van der Waals surface area contributed by atoms with Gasteiger partial charge in [-0.2, -0.15) is 26.3 Å². The van der Waals surface area contributed by atoms with E-state index in [1.165, 1.54) is 0 Å². The Morgan fingerprint density at radius 1 is 1.12 bits per heavy atom. The Bertz CT molecular complexity index is 397. The molecule has 0 spiro atoms. The molecule has 0 aliphatic rings. The molecule has 0 aromatic carbocycles. The summed E-state index contributed by atoms with van der Waals surface area (Å²) in [5.41, 5.74) is 3.91. The van der Waals surface area contributed by atoms with Gasteiger partial charge in [0, 0.05) is 0 Å². The van der Waals surface area contributed by atoms with Crippen molar-refractivity contribution >= 4 is 11.6 Å². The predicted octanol–water partition coefficient (Wildman–Crippen LogP) is 2.66. The van der Waals surface area contributed by atoms with Crippen molar-refractivity contribution in [3.8, 4) is 0 Å². The van der Waals surface area contributed by atoms with Gasteiger partial charge in [0.25, 0.3) is 0 Å². The first kappa shape index (κ1) is 13.4. The first-order chi connectivity index (χ1) is 7.58. The molecule has 0 bridgehead atoms. The van der Waals surface area contributed by atoms with E-state index in [0.29, 0.717) is 12.1 Å². The summed E-state index contributed by atoms with van der Waals surface area (Å²) in [4.78, 5) is 3.32. The molecule has 0 atom stereocenters. The van der Waals surface area contributed by atoms with Gasteiger partial charge >= 0.3 is 12.4 Å². The number of hydrogen-bond donors (Lipinski definition) is 2. The van der Waals surface area contributed by atoms with Gasteiger partial charge in [0.05, 0.1) is 5.56 Å². The fourth-order valence-corrected chi connectivity index (χ4v) is 0.997. The third kappa shape index (κ3) is 4.37. The number of nitrogens with zero attached hydrogens (tertiary/aromatic N) is 1. The normalized spacial score (nSPS) is 12.6. The Morgan fingerprint density at radius 2 is 1.71 bits per heavy atom. The molecule has 0 unspecified atom stereocenters. The van der Waals surface area contributed by atoms with Crippen molar-refractivity contribution in [2.24, 2.45) is 0 Å². The zero-order valence-corrected chi connectivity index (χ0v) is 8.15. The number of nitrogens with two attached hydrogens (primary N) is 1. The van der Waals surface area contributed by atoms with Crippen LogP contribution >= 0.6 is 0 Å². The highest BCUT2D eigenvalue weighted by molar-refractivity contribution is 5.47. The Morgan fingerprint density at radius 3 is 2.18 bits per heavy atom. The van der Waals surface area contributed by atoms with Gasteiger partial charge in [0.15, 0.2) is 0 Å². The fourth-order valence-electron chi connectivity index (χ4n) is 0.997. The number of pyridine rings is 1. The summed E-state index contributed by atoms with van der Waals surface area (Å²) in [5.74, 6) is -1.08. The molecule has 0 aliphatic carbocycles. The van der Waals surface area contributed by atoms with Crippen LogP contribution in [0.3, 0.4) is 0 Å². The summed E-state index contributed by atoms with van der Waals surface area (Å²) < 4.78 is 72.4. The predicted molar refractivity (Wildman–Crippen MR) is 48.2 cm³/mol. The largest absolute Gasteiger partial charge is 0.416 e. The van der Waals surface area contributed by atoms with Crippen LogP contribution < -0.4 is 11.1 Å². The Labute approximate surface area is 91.6 Å². The Hall–Kier alpha value is -1.67. The number of aromatic nitrogens is 1. The van der Waals surface area contributed by atoms with E-state index in [-0.39, 0.29) is 0 Å². The van der Waals surface area contributed by atoms with E-state index in [1.807, 2.05) is 0 Å². The highest BCUT2D eigenvalue weighted by atomic mass is 19.4. The molecule has 0 amide bonds. The molecule has 1 aromatic rings. The summed E-state index contributed by atoms with van der Waals surface area (Å²) in [6, 6.07) is 1.00. The van der Waals surface area contributed by atoms with Crippen molar-refractivity contribution in [1.82, 2.24) is 4.98 Å². The van der Waals surface area contributed by atoms with Crippen LogP contribution in [-0.4, -0.2) is 17.7 Å². The molecule has 9 heteroatoms. The lowest BCUT2D eigenvalue weighted by Crippen LogP contribution is -2.22. The number of rotatable bonds is 2. The fraction of sp³-hybridized carbons (Fsp3) is 0.375. The number of halogens is 6. The second-order valence-corrected chi connectivity index (χ2v) is 3.13. The first-order valence-electron chi connectivity index (χ1n) is 4.23. The SMILES string of the molecule is Nc1cc(C(F)(F)F)cc(NCC(F)(F)F)n1. The Balaban J connectivity index is 2.91. The molecule has 0 saturated carbocycles. The second kappa shape index (κ2) is 4.30. The van der Waals surface area contributed by atoms with E-state index < -0.39 is 36.1 Å². The average molecular weight is 259 g/mol. The van der Waals surface area contributed by atoms with Crippen LogP contribution in [0, 0.1) is 0 Å². The molecule has 3 nitrogen and oxygen atoms in total. The Kier molecular flexibility index (Phi) is 3.39. The number of alkyl halides is 6. The molecule has 1 heterocycles. The van der Waals surface area contributed by atoms with Crippen LogP contribution in [0.15, 0.2) is 12.1 Å². The van der Waals surface area contributed by atoms with Gasteiger partial charge in [0.1, 0.15) is 18.2 Å². The molecular formula is C8H7F6N3. The number of hydrogen-bond acceptors (Lipinski definition) is 3. The zero-order valence-electron chi connectivity index (χ0n) is 8.15. The molecule has 0 saturated heterocycles. The first-order valence-corrected chi connectivity index (χ1v) is 4.23. The van der Waals surface area contributed by atoms with Gasteiger partial charge in [-0.05, 0) is 12.1 Å². The monoisotopic (exact) mass is 259 g/mol. The smallest absolute Gasteiger partial charge is 0.384 e. The van der Waals surface area contributed by atoms with Crippen LogP contribution in [0.25, 0.3) is 0 Å². The maximum Gasteiger partial charge on any atom is 0.416 e. The molecule has 0 aliphatic heterocycles. The lowest BCUT2D eigenvalue weighted by atomic mass is 10.2. The molecule has 1 aromatic heterocycles. The van der Waals surface area contributed by atoms with Gasteiger partial charge < -0.3 is 11.1 Å². The van der Waals surface area contributed by atoms with Gasteiger partial charge in [-0.15, -0.1) is 0 Å². The van der Waals surface area contributed by atoms with Gasteiger partial charge in [-0.1, -0.05) is 0 Å². The molecule has 0 radical (unpaired) electrons. The molecule has 0 fully saturated rings. The summed E-state index contributed by atoms with van der Waals surface area (Å²) in [5, 5.41) is 1.72. The van der Waals surface area contributed by atoms with Crippen LogP contribution in [0.5, 0.6) is 0 Å². The summed E-state index contributed by atoms with van der Waals surface area (Å²) in [6.45, 7) is -1.49. The summed E-state index contributed by atoms with van der Waals surface area (Å²) in [7, 11) is 0. The minimum Gasteiger partial charge on any atom is -0.384 e. The van der Waals surface area contributed by atoms with E-state index in [0.717, 1.165) is 0 Å². The van der Waals surface area contributed by atoms with Crippen molar-refractivity contribution < 1.29 is 26.3 Å². The maximum absolute atomic E-state index is 12.3. The maximum atomic E-state index is 12.3. The quantitative estimate of drug-likeness (QED) is 0.803. The van der Waals surface area contributed by atoms with Crippen LogP contribution in [0.1, 0.15) is 5.56 Å². The van der Waals surface area contributed by atoms with Gasteiger partial charge in [-0.25, -0.2) is 4.98 Å². The van der Waals surface area contributed by atoms with Gasteiger partial charge in [0.2, 0.25) is 0 Å². The van der Waals surface area contributed by atoms with E-state index >= 15 is 0 Å². The van der Waals surface area contributed by atoms with Crippen molar-refractivity contribution in [2.75, 3.05) is 17.6 Å². The second-order valence-electron chi connectivity index (χ2n) is 3.13. The van der Waals surface area contributed by atoms with E-state index in [4.69, 9.17) is 5.73 Å². The van der Waals surface area contributed by atoms with E-state index in [2.05, 4.69) is 4.98 Å². The highest BCUT2D eigenvalue weighted by Crippen LogP contribution is 2.31. The van der Waals surface area contributed by atoms with Crippen LogP contribution in [0.4, 0.5) is 38.0 Å². The molecule has 1 rings (SSSR count). The number of anilines is 2. The average Bonchev–Trinajstić information content (AvgIpc) is 2.11.